The molecule has 2 nitrogen and oxygen atoms in total. The van der Waals surface area contributed by atoms with Crippen LogP contribution in [0.4, 0.5) is 0 Å². The summed E-state index contributed by atoms with van der Waals surface area (Å²) >= 11 is 0. The maximum absolute atomic E-state index is 3.51. The summed E-state index contributed by atoms with van der Waals surface area (Å²) in [5.74, 6) is 0.716. The van der Waals surface area contributed by atoms with Gasteiger partial charge < -0.3 is 5.32 Å². The minimum atomic E-state index is 0.716. The lowest BCUT2D eigenvalue weighted by Crippen LogP contribution is -2.36. The summed E-state index contributed by atoms with van der Waals surface area (Å²) in [4.78, 5) is 2.50. The SMILES string of the molecule is CC(C)CNCc1cccc(CN(C)C2CCC2)c1. The zero-order valence-corrected chi connectivity index (χ0v) is 12.7. The summed E-state index contributed by atoms with van der Waals surface area (Å²) in [6.45, 7) is 7.65. The van der Waals surface area contributed by atoms with Gasteiger partial charge in [-0.05, 0) is 43.5 Å². The third-order valence-corrected chi connectivity index (χ3v) is 4.00. The van der Waals surface area contributed by atoms with E-state index in [1.165, 1.54) is 30.4 Å². The van der Waals surface area contributed by atoms with E-state index in [-0.39, 0.29) is 0 Å². The molecule has 1 saturated carbocycles. The summed E-state index contributed by atoms with van der Waals surface area (Å²) in [7, 11) is 2.26. The van der Waals surface area contributed by atoms with Crippen LogP contribution in [0.5, 0.6) is 0 Å². The molecule has 0 radical (unpaired) electrons. The summed E-state index contributed by atoms with van der Waals surface area (Å²) < 4.78 is 0. The Bertz CT molecular complexity index is 383. The van der Waals surface area contributed by atoms with E-state index >= 15 is 0 Å². The molecule has 1 aromatic carbocycles. The van der Waals surface area contributed by atoms with Crippen LogP contribution in [0.3, 0.4) is 0 Å². The van der Waals surface area contributed by atoms with E-state index in [1.807, 2.05) is 0 Å². The minimum Gasteiger partial charge on any atom is -0.312 e. The number of nitrogens with one attached hydrogen (secondary N) is 1. The molecule has 0 atom stereocenters. The average Bonchev–Trinajstić information content (AvgIpc) is 2.26. The van der Waals surface area contributed by atoms with Crippen LogP contribution in [0, 0.1) is 5.92 Å². The maximum atomic E-state index is 3.51. The Morgan fingerprint density at radius 1 is 1.26 bits per heavy atom. The quantitative estimate of drug-likeness (QED) is 0.808. The van der Waals surface area contributed by atoms with Gasteiger partial charge in [-0.15, -0.1) is 0 Å². The lowest BCUT2D eigenvalue weighted by molar-refractivity contribution is 0.152. The standard InChI is InChI=1S/C17H28N2/c1-14(2)11-18-12-15-6-4-7-16(10-15)13-19(3)17-8-5-9-17/h4,6-7,10,14,17-18H,5,8-9,11-13H2,1-3H3. The first-order valence-corrected chi connectivity index (χ1v) is 7.64. The minimum absolute atomic E-state index is 0.716. The molecular formula is C17H28N2. The van der Waals surface area contributed by atoms with Crippen molar-refractivity contribution < 1.29 is 0 Å². The molecule has 2 heteroatoms. The third kappa shape index (κ3) is 4.63. The van der Waals surface area contributed by atoms with E-state index in [0.717, 1.165) is 25.7 Å². The van der Waals surface area contributed by atoms with E-state index in [0.29, 0.717) is 5.92 Å². The fourth-order valence-electron chi connectivity index (χ4n) is 2.59. The summed E-state index contributed by atoms with van der Waals surface area (Å²) in [6.07, 6.45) is 4.17. The van der Waals surface area contributed by atoms with Gasteiger partial charge in [0.05, 0.1) is 0 Å². The van der Waals surface area contributed by atoms with Crippen LogP contribution in [0.1, 0.15) is 44.2 Å². The van der Waals surface area contributed by atoms with Crippen molar-refractivity contribution in [2.75, 3.05) is 13.6 Å². The first-order chi connectivity index (χ1) is 9.15. The average molecular weight is 260 g/mol. The van der Waals surface area contributed by atoms with Gasteiger partial charge >= 0.3 is 0 Å². The zero-order chi connectivity index (χ0) is 13.7. The zero-order valence-electron chi connectivity index (χ0n) is 12.7. The van der Waals surface area contributed by atoms with Gasteiger partial charge in [-0.2, -0.15) is 0 Å². The smallest absolute Gasteiger partial charge is 0.0233 e. The molecule has 0 spiro atoms. The highest BCUT2D eigenvalue weighted by Gasteiger charge is 2.21. The predicted molar refractivity (Wildman–Crippen MR) is 82.1 cm³/mol. The van der Waals surface area contributed by atoms with Gasteiger partial charge in [0.2, 0.25) is 0 Å². The molecule has 0 amide bonds. The molecule has 0 bridgehead atoms. The Hall–Kier alpha value is -0.860. The molecule has 0 saturated heterocycles. The largest absolute Gasteiger partial charge is 0.312 e. The maximum Gasteiger partial charge on any atom is 0.0233 e. The second-order valence-corrected chi connectivity index (χ2v) is 6.34. The normalized spacial score (nSPS) is 16.1. The molecule has 1 aliphatic rings. The first kappa shape index (κ1) is 14.5. The lowest BCUT2D eigenvalue weighted by atomic mass is 9.91. The van der Waals surface area contributed by atoms with E-state index in [4.69, 9.17) is 0 Å². The highest BCUT2D eigenvalue weighted by molar-refractivity contribution is 5.23. The highest BCUT2D eigenvalue weighted by atomic mass is 15.1. The van der Waals surface area contributed by atoms with Gasteiger partial charge in [0.1, 0.15) is 0 Å². The van der Waals surface area contributed by atoms with Crippen LogP contribution in [0.2, 0.25) is 0 Å². The van der Waals surface area contributed by atoms with Gasteiger partial charge in [0, 0.05) is 19.1 Å². The predicted octanol–water partition coefficient (Wildman–Crippen LogP) is 3.42. The molecule has 1 aliphatic carbocycles. The van der Waals surface area contributed by atoms with Gasteiger partial charge in [0.15, 0.2) is 0 Å². The van der Waals surface area contributed by atoms with Crippen LogP contribution in [-0.4, -0.2) is 24.5 Å². The van der Waals surface area contributed by atoms with Gasteiger partial charge in [-0.25, -0.2) is 0 Å². The topological polar surface area (TPSA) is 15.3 Å². The van der Waals surface area contributed by atoms with Crippen LogP contribution in [0.15, 0.2) is 24.3 Å². The molecule has 0 aliphatic heterocycles. The first-order valence-electron chi connectivity index (χ1n) is 7.64. The van der Waals surface area contributed by atoms with Crippen molar-refractivity contribution in [3.63, 3.8) is 0 Å². The Kier molecular flexibility index (Phi) is 5.41. The van der Waals surface area contributed by atoms with Crippen LogP contribution >= 0.6 is 0 Å². The van der Waals surface area contributed by atoms with Gasteiger partial charge in [-0.1, -0.05) is 44.5 Å². The lowest BCUT2D eigenvalue weighted by Gasteiger charge is -2.34. The molecule has 0 heterocycles. The van der Waals surface area contributed by atoms with E-state index in [1.54, 1.807) is 0 Å². The molecule has 0 unspecified atom stereocenters. The summed E-state index contributed by atoms with van der Waals surface area (Å²) in [5, 5.41) is 3.51. The molecular weight excluding hydrogens is 232 g/mol. The number of benzene rings is 1. The van der Waals surface area contributed by atoms with Crippen LogP contribution in [-0.2, 0) is 13.1 Å². The number of rotatable bonds is 7. The Labute approximate surface area is 118 Å². The molecule has 0 aromatic heterocycles. The second kappa shape index (κ2) is 7.06. The molecule has 2 rings (SSSR count). The molecule has 1 N–H and O–H groups in total. The molecule has 19 heavy (non-hydrogen) atoms. The fourth-order valence-corrected chi connectivity index (χ4v) is 2.59. The van der Waals surface area contributed by atoms with Gasteiger partial charge in [0.25, 0.3) is 0 Å². The van der Waals surface area contributed by atoms with Crippen molar-refractivity contribution in [1.29, 1.82) is 0 Å². The van der Waals surface area contributed by atoms with Crippen LogP contribution in [0.25, 0.3) is 0 Å². The monoisotopic (exact) mass is 260 g/mol. The number of hydrogen-bond acceptors (Lipinski definition) is 2. The van der Waals surface area contributed by atoms with E-state index in [2.05, 4.69) is 55.4 Å². The third-order valence-electron chi connectivity index (χ3n) is 4.00. The Morgan fingerprint density at radius 3 is 2.63 bits per heavy atom. The van der Waals surface area contributed by atoms with Crippen molar-refractivity contribution in [3.8, 4) is 0 Å². The van der Waals surface area contributed by atoms with E-state index < -0.39 is 0 Å². The van der Waals surface area contributed by atoms with Crippen molar-refractivity contribution >= 4 is 0 Å². The molecule has 1 aromatic rings. The van der Waals surface area contributed by atoms with E-state index in [9.17, 15) is 0 Å². The second-order valence-electron chi connectivity index (χ2n) is 6.34. The van der Waals surface area contributed by atoms with Gasteiger partial charge in [-0.3, -0.25) is 4.90 Å². The Morgan fingerprint density at radius 2 is 2.00 bits per heavy atom. The van der Waals surface area contributed by atoms with Crippen molar-refractivity contribution in [2.45, 2.75) is 52.2 Å². The number of nitrogens with zero attached hydrogens (tertiary/aromatic N) is 1. The summed E-state index contributed by atoms with van der Waals surface area (Å²) in [6, 6.07) is 9.84. The molecule has 106 valence electrons. The molecule has 1 fully saturated rings. The fraction of sp³-hybridized carbons (Fsp3) is 0.647. The Balaban J connectivity index is 1.83. The van der Waals surface area contributed by atoms with Crippen LogP contribution < -0.4 is 5.32 Å². The highest BCUT2D eigenvalue weighted by Crippen LogP contribution is 2.24. The van der Waals surface area contributed by atoms with Crippen molar-refractivity contribution in [2.24, 2.45) is 5.92 Å². The summed E-state index contributed by atoms with van der Waals surface area (Å²) in [5.41, 5.74) is 2.85. The number of hydrogen-bond donors (Lipinski definition) is 1. The van der Waals surface area contributed by atoms with Crippen molar-refractivity contribution in [3.05, 3.63) is 35.4 Å². The van der Waals surface area contributed by atoms with Crippen molar-refractivity contribution in [1.82, 2.24) is 10.2 Å².